The van der Waals surface area contributed by atoms with Gasteiger partial charge in [-0.05, 0) is 30.2 Å². The van der Waals surface area contributed by atoms with Crippen LogP contribution < -0.4 is 16.4 Å². The molecule has 1 aromatic heterocycles. The van der Waals surface area contributed by atoms with Crippen LogP contribution in [0.1, 0.15) is 32.3 Å². The molecule has 32 heavy (non-hydrogen) atoms. The number of non-ortho nitro benzene ring substituents is 1. The SMILES string of the molecule is CC(C)C(=O)Nc1ccc(CNC(=O)CCCn2c(=O)oc3cc([N+](=O)[O-])ccc32)cc1. The quantitative estimate of drug-likeness (QED) is 0.387. The molecule has 168 valence electrons. The van der Waals surface area contributed by atoms with Crippen LogP contribution in [-0.4, -0.2) is 21.3 Å². The largest absolute Gasteiger partial charge is 0.419 e. The van der Waals surface area contributed by atoms with E-state index in [1.54, 1.807) is 12.1 Å². The number of hydrogen-bond donors (Lipinski definition) is 2. The van der Waals surface area contributed by atoms with E-state index in [0.29, 0.717) is 24.2 Å². The first kappa shape index (κ1) is 22.7. The van der Waals surface area contributed by atoms with E-state index in [1.807, 2.05) is 26.0 Å². The maximum atomic E-state index is 12.1. The summed E-state index contributed by atoms with van der Waals surface area (Å²) in [5, 5.41) is 16.5. The zero-order valence-electron chi connectivity index (χ0n) is 17.8. The Balaban J connectivity index is 1.48. The van der Waals surface area contributed by atoms with Gasteiger partial charge in [-0.2, -0.15) is 0 Å². The van der Waals surface area contributed by atoms with Gasteiger partial charge in [-0.25, -0.2) is 4.79 Å². The van der Waals surface area contributed by atoms with Gasteiger partial charge in [0.1, 0.15) is 0 Å². The average Bonchev–Trinajstić information content (AvgIpc) is 3.07. The molecule has 0 saturated heterocycles. The highest BCUT2D eigenvalue weighted by molar-refractivity contribution is 5.92. The first-order valence-electron chi connectivity index (χ1n) is 10.2. The Kier molecular flexibility index (Phi) is 7.04. The van der Waals surface area contributed by atoms with Crippen molar-refractivity contribution in [2.45, 2.75) is 39.8 Å². The third-order valence-electron chi connectivity index (χ3n) is 4.88. The number of aryl methyl sites for hydroxylation is 1. The number of amides is 2. The maximum Gasteiger partial charge on any atom is 0.419 e. The van der Waals surface area contributed by atoms with Crippen molar-refractivity contribution >= 4 is 34.3 Å². The Morgan fingerprint density at radius 3 is 2.53 bits per heavy atom. The molecule has 10 heteroatoms. The van der Waals surface area contributed by atoms with Crippen molar-refractivity contribution in [2.24, 2.45) is 5.92 Å². The van der Waals surface area contributed by atoms with Gasteiger partial charge in [0.15, 0.2) is 5.58 Å². The Morgan fingerprint density at radius 2 is 1.88 bits per heavy atom. The number of nitro groups is 1. The summed E-state index contributed by atoms with van der Waals surface area (Å²) < 4.78 is 6.43. The van der Waals surface area contributed by atoms with E-state index in [2.05, 4.69) is 10.6 Å². The van der Waals surface area contributed by atoms with Gasteiger partial charge in [0.2, 0.25) is 11.8 Å². The molecule has 0 bridgehead atoms. The van der Waals surface area contributed by atoms with Crippen LogP contribution in [0.15, 0.2) is 51.7 Å². The predicted octanol–water partition coefficient (Wildman–Crippen LogP) is 3.19. The van der Waals surface area contributed by atoms with Crippen LogP contribution in [0.3, 0.4) is 0 Å². The lowest BCUT2D eigenvalue weighted by atomic mass is 10.1. The molecular weight excluding hydrogens is 416 g/mol. The zero-order chi connectivity index (χ0) is 23.3. The molecule has 0 aliphatic carbocycles. The molecule has 2 N–H and O–H groups in total. The average molecular weight is 440 g/mol. The summed E-state index contributed by atoms with van der Waals surface area (Å²) in [4.78, 5) is 46.2. The highest BCUT2D eigenvalue weighted by atomic mass is 16.6. The maximum absolute atomic E-state index is 12.1. The second-order valence-corrected chi connectivity index (χ2v) is 7.65. The van der Waals surface area contributed by atoms with Crippen molar-refractivity contribution in [3.63, 3.8) is 0 Å². The fraction of sp³-hybridized carbons (Fsp3) is 0.318. The monoisotopic (exact) mass is 440 g/mol. The standard InChI is InChI=1S/C22H24N4O6/c1-14(2)21(28)24-16-7-5-15(6-8-16)13-23-20(27)4-3-11-25-18-10-9-17(26(30)31)12-19(18)32-22(25)29/h5-10,12,14H,3-4,11,13H2,1-2H3,(H,23,27)(H,24,28). The van der Waals surface area contributed by atoms with Crippen LogP contribution in [0, 0.1) is 16.0 Å². The normalized spacial score (nSPS) is 11.0. The summed E-state index contributed by atoms with van der Waals surface area (Å²) in [5.74, 6) is -0.957. The molecule has 0 atom stereocenters. The number of carbonyl (C=O) groups excluding carboxylic acids is 2. The molecule has 10 nitrogen and oxygen atoms in total. The van der Waals surface area contributed by atoms with Gasteiger partial charge in [0.25, 0.3) is 5.69 Å². The second kappa shape index (κ2) is 9.90. The number of nitrogens with one attached hydrogen (secondary N) is 2. The molecule has 2 aromatic carbocycles. The van der Waals surface area contributed by atoms with Crippen LogP contribution in [0.25, 0.3) is 11.1 Å². The number of oxazole rings is 1. The smallest absolute Gasteiger partial charge is 0.407 e. The summed E-state index contributed by atoms with van der Waals surface area (Å²) in [6, 6.07) is 11.2. The number of hydrogen-bond acceptors (Lipinski definition) is 6. The van der Waals surface area contributed by atoms with Crippen molar-refractivity contribution in [2.75, 3.05) is 5.32 Å². The van der Waals surface area contributed by atoms with Crippen LogP contribution in [-0.2, 0) is 22.7 Å². The zero-order valence-corrected chi connectivity index (χ0v) is 17.8. The number of fused-ring (bicyclic) bond motifs is 1. The lowest BCUT2D eigenvalue weighted by Crippen LogP contribution is -2.23. The minimum atomic E-state index is -0.620. The number of carbonyl (C=O) groups is 2. The first-order chi connectivity index (χ1) is 15.2. The predicted molar refractivity (Wildman–Crippen MR) is 118 cm³/mol. The van der Waals surface area contributed by atoms with Crippen molar-refractivity contribution < 1.29 is 18.9 Å². The van der Waals surface area contributed by atoms with E-state index < -0.39 is 10.7 Å². The number of nitro benzene ring substituents is 1. The Bertz CT molecular complexity index is 1190. The number of rotatable bonds is 9. The molecule has 0 saturated carbocycles. The first-order valence-corrected chi connectivity index (χ1v) is 10.2. The molecule has 3 aromatic rings. The van der Waals surface area contributed by atoms with E-state index in [1.165, 1.54) is 22.8 Å². The highest BCUT2D eigenvalue weighted by Crippen LogP contribution is 2.20. The number of aromatic nitrogens is 1. The van der Waals surface area contributed by atoms with E-state index in [4.69, 9.17) is 4.42 Å². The van der Waals surface area contributed by atoms with E-state index in [0.717, 1.165) is 5.56 Å². The minimum absolute atomic E-state index is 0.0613. The second-order valence-electron chi connectivity index (χ2n) is 7.65. The molecule has 0 unspecified atom stereocenters. The van der Waals surface area contributed by atoms with Gasteiger partial charge >= 0.3 is 5.76 Å². The van der Waals surface area contributed by atoms with Crippen LogP contribution in [0.2, 0.25) is 0 Å². The fourth-order valence-corrected chi connectivity index (χ4v) is 3.06. The summed E-state index contributed by atoms with van der Waals surface area (Å²) in [5.41, 5.74) is 2.02. The van der Waals surface area contributed by atoms with Crippen LogP contribution in [0.5, 0.6) is 0 Å². The third-order valence-corrected chi connectivity index (χ3v) is 4.88. The lowest BCUT2D eigenvalue weighted by Gasteiger charge is -2.09. The van der Waals surface area contributed by atoms with Gasteiger partial charge in [-0.3, -0.25) is 24.3 Å². The molecule has 0 fully saturated rings. The molecular formula is C22H24N4O6. The lowest BCUT2D eigenvalue weighted by molar-refractivity contribution is -0.384. The molecule has 0 radical (unpaired) electrons. The van der Waals surface area contributed by atoms with Gasteiger partial charge < -0.3 is 15.1 Å². The number of anilines is 1. The summed E-state index contributed by atoms with van der Waals surface area (Å²) in [6.07, 6.45) is 0.603. The molecule has 0 aliphatic rings. The van der Waals surface area contributed by atoms with Gasteiger partial charge in [-0.15, -0.1) is 0 Å². The van der Waals surface area contributed by atoms with Crippen molar-refractivity contribution in [1.29, 1.82) is 0 Å². The minimum Gasteiger partial charge on any atom is -0.407 e. The molecule has 0 spiro atoms. The highest BCUT2D eigenvalue weighted by Gasteiger charge is 2.14. The van der Waals surface area contributed by atoms with Crippen LogP contribution >= 0.6 is 0 Å². The van der Waals surface area contributed by atoms with Crippen LogP contribution in [0.4, 0.5) is 11.4 Å². The number of benzene rings is 2. The van der Waals surface area contributed by atoms with E-state index in [9.17, 15) is 24.5 Å². The fourth-order valence-electron chi connectivity index (χ4n) is 3.06. The Hall–Kier alpha value is -3.95. The van der Waals surface area contributed by atoms with Gasteiger partial charge in [-0.1, -0.05) is 26.0 Å². The van der Waals surface area contributed by atoms with Crippen molar-refractivity contribution in [3.05, 3.63) is 68.7 Å². The summed E-state index contributed by atoms with van der Waals surface area (Å²) in [7, 11) is 0. The molecule has 2 amide bonds. The van der Waals surface area contributed by atoms with Crippen molar-refractivity contribution in [3.8, 4) is 0 Å². The number of nitrogens with zero attached hydrogens (tertiary/aromatic N) is 2. The third kappa shape index (κ3) is 5.60. The Labute approximate surface area is 183 Å². The van der Waals surface area contributed by atoms with Crippen molar-refractivity contribution in [1.82, 2.24) is 9.88 Å². The Morgan fingerprint density at radius 1 is 1.16 bits per heavy atom. The van der Waals surface area contributed by atoms with Gasteiger partial charge in [0.05, 0.1) is 16.5 Å². The van der Waals surface area contributed by atoms with E-state index >= 15 is 0 Å². The summed E-state index contributed by atoms with van der Waals surface area (Å²) >= 11 is 0. The topological polar surface area (TPSA) is 136 Å². The molecule has 0 aliphatic heterocycles. The molecule has 3 rings (SSSR count). The summed E-state index contributed by atoms with van der Waals surface area (Å²) in [6.45, 7) is 4.23. The van der Waals surface area contributed by atoms with Gasteiger partial charge in [0, 0.05) is 37.2 Å². The van der Waals surface area contributed by atoms with E-state index in [-0.39, 0.29) is 42.0 Å². The molecule has 1 heterocycles.